The van der Waals surface area contributed by atoms with Crippen LogP contribution in [0.5, 0.6) is 5.75 Å². The van der Waals surface area contributed by atoms with Crippen LogP contribution in [0.3, 0.4) is 0 Å². The molecule has 1 N–H and O–H groups in total. The number of methoxy groups -OCH3 is 1. The second-order valence-corrected chi connectivity index (χ2v) is 9.53. The number of hydrogen-bond donors (Lipinski definition) is 1. The number of carbonyl (C=O) groups is 1. The molecule has 1 aromatic heterocycles. The van der Waals surface area contributed by atoms with Crippen molar-refractivity contribution < 1.29 is 23.4 Å². The van der Waals surface area contributed by atoms with E-state index < -0.39 is 11.1 Å². The van der Waals surface area contributed by atoms with Gasteiger partial charge in [-0.2, -0.15) is 0 Å². The van der Waals surface area contributed by atoms with E-state index in [0.29, 0.717) is 50.2 Å². The van der Waals surface area contributed by atoms with Crippen LogP contribution in [0.2, 0.25) is 0 Å². The van der Waals surface area contributed by atoms with Gasteiger partial charge in [-0.3, -0.25) is 4.79 Å². The maximum atomic E-state index is 12.1. The van der Waals surface area contributed by atoms with Crippen LogP contribution in [0, 0.1) is 0 Å². The summed E-state index contributed by atoms with van der Waals surface area (Å²) in [6.45, 7) is 13.5. The van der Waals surface area contributed by atoms with E-state index in [1.807, 2.05) is 72.1 Å². The fourth-order valence-corrected chi connectivity index (χ4v) is 3.10. The Morgan fingerprint density at radius 1 is 1.09 bits per heavy atom. The second kappa shape index (κ2) is 15.0. The first kappa shape index (κ1) is 29.9. The number of aromatic nitrogens is 2. The van der Waals surface area contributed by atoms with Crippen molar-refractivity contribution in [2.45, 2.75) is 77.2 Å². The molecular formula is C25H41N3O5S. The van der Waals surface area contributed by atoms with Gasteiger partial charge in [0.2, 0.25) is 11.8 Å². The lowest BCUT2D eigenvalue weighted by Gasteiger charge is -2.32. The number of amides is 1. The van der Waals surface area contributed by atoms with Crippen molar-refractivity contribution in [2.24, 2.45) is 0 Å². The van der Waals surface area contributed by atoms with Crippen molar-refractivity contribution in [1.82, 2.24) is 15.5 Å². The van der Waals surface area contributed by atoms with Crippen LogP contribution in [0.25, 0.3) is 11.5 Å². The molecule has 8 nitrogen and oxygen atoms in total. The number of ether oxygens (including phenoxy) is 3. The maximum Gasteiger partial charge on any atom is 0.276 e. The van der Waals surface area contributed by atoms with E-state index in [1.54, 1.807) is 7.11 Å². The predicted octanol–water partition coefficient (Wildman–Crippen LogP) is 5.37. The van der Waals surface area contributed by atoms with E-state index in [4.69, 9.17) is 18.6 Å². The van der Waals surface area contributed by atoms with Crippen molar-refractivity contribution >= 4 is 17.7 Å². The molecule has 0 spiro atoms. The fourth-order valence-electron chi connectivity index (χ4n) is 2.82. The van der Waals surface area contributed by atoms with Gasteiger partial charge in [0, 0.05) is 32.1 Å². The largest absolute Gasteiger partial charge is 0.493 e. The summed E-state index contributed by atoms with van der Waals surface area (Å²) in [5, 5.41) is 11.5. The van der Waals surface area contributed by atoms with Gasteiger partial charge in [0.05, 0.1) is 24.4 Å². The molecule has 192 valence electrons. The number of thioether (sulfide) groups is 1. The third-order valence-corrected chi connectivity index (χ3v) is 5.22. The molecule has 2 rings (SSSR count). The molecule has 0 bridgehead atoms. The lowest BCUT2D eigenvalue weighted by molar-refractivity contribution is -0.125. The lowest BCUT2D eigenvalue weighted by atomic mass is 10.0. The van der Waals surface area contributed by atoms with E-state index in [1.165, 1.54) is 11.8 Å². The summed E-state index contributed by atoms with van der Waals surface area (Å²) in [5.41, 5.74) is -0.000731. The number of hydrogen-bond acceptors (Lipinski definition) is 8. The van der Waals surface area contributed by atoms with E-state index in [2.05, 4.69) is 15.5 Å². The molecule has 9 heteroatoms. The smallest absolute Gasteiger partial charge is 0.276 e. The SMILES string of the molecule is CC.COCCCC(=O)NC(C)(C)COC(C)(C)CCOc1ccc(-c2nnc(SC)o2)cc1. The van der Waals surface area contributed by atoms with Crippen molar-refractivity contribution in [3.05, 3.63) is 24.3 Å². The normalized spacial score (nSPS) is 11.5. The summed E-state index contributed by atoms with van der Waals surface area (Å²) >= 11 is 1.41. The van der Waals surface area contributed by atoms with Crippen LogP contribution < -0.4 is 10.1 Å². The number of carbonyl (C=O) groups excluding carboxylic acids is 1. The zero-order chi connectivity index (χ0) is 25.6. The van der Waals surface area contributed by atoms with Crippen molar-refractivity contribution in [2.75, 3.05) is 33.2 Å². The first-order valence-electron chi connectivity index (χ1n) is 11.7. The van der Waals surface area contributed by atoms with E-state index in [-0.39, 0.29) is 5.91 Å². The van der Waals surface area contributed by atoms with Crippen LogP contribution in [0.15, 0.2) is 33.9 Å². The molecule has 1 aromatic carbocycles. The van der Waals surface area contributed by atoms with Gasteiger partial charge in [-0.1, -0.05) is 25.6 Å². The summed E-state index contributed by atoms with van der Waals surface area (Å²) in [6, 6.07) is 7.56. The Balaban J connectivity index is 0.00000281. The van der Waals surface area contributed by atoms with E-state index in [0.717, 1.165) is 11.3 Å². The maximum absolute atomic E-state index is 12.1. The van der Waals surface area contributed by atoms with Crippen LogP contribution in [-0.4, -0.2) is 60.4 Å². The summed E-state index contributed by atoms with van der Waals surface area (Å²) < 4.78 is 22.5. The van der Waals surface area contributed by atoms with Gasteiger partial charge in [0.15, 0.2) is 0 Å². The first-order valence-corrected chi connectivity index (χ1v) is 12.9. The number of nitrogens with zero attached hydrogens (tertiary/aromatic N) is 2. The molecule has 0 aliphatic heterocycles. The third kappa shape index (κ3) is 11.4. The molecule has 0 unspecified atom stereocenters. The Hall–Kier alpha value is -2.10. The van der Waals surface area contributed by atoms with Gasteiger partial charge in [0.25, 0.3) is 5.22 Å². The summed E-state index contributed by atoms with van der Waals surface area (Å²) in [7, 11) is 1.63. The molecule has 0 radical (unpaired) electrons. The van der Waals surface area contributed by atoms with E-state index >= 15 is 0 Å². The summed E-state index contributed by atoms with van der Waals surface area (Å²) in [6.07, 6.45) is 3.74. The van der Waals surface area contributed by atoms with Gasteiger partial charge in [0.1, 0.15) is 5.75 Å². The average molecular weight is 496 g/mol. The standard InChI is InChI=1S/C23H35N3O5S.C2H6/c1-22(2,24-19(27)8-7-14-28-5)16-30-23(3,4)13-15-29-18-11-9-17(10-12-18)20-25-26-21(31-20)32-6;1-2/h9-12H,7-8,13-16H2,1-6H3,(H,24,27);1-2H3. The molecule has 0 saturated carbocycles. The molecule has 34 heavy (non-hydrogen) atoms. The highest BCUT2D eigenvalue weighted by Crippen LogP contribution is 2.24. The topological polar surface area (TPSA) is 95.7 Å². The molecular weight excluding hydrogens is 454 g/mol. The van der Waals surface area contributed by atoms with E-state index in [9.17, 15) is 4.79 Å². The minimum Gasteiger partial charge on any atom is -0.493 e. The number of benzene rings is 1. The third-order valence-electron chi connectivity index (χ3n) is 4.71. The zero-order valence-corrected chi connectivity index (χ0v) is 22.7. The summed E-state index contributed by atoms with van der Waals surface area (Å²) in [4.78, 5) is 12.1. The Morgan fingerprint density at radius 2 is 1.76 bits per heavy atom. The average Bonchev–Trinajstić information content (AvgIpc) is 3.29. The first-order chi connectivity index (χ1) is 16.1. The van der Waals surface area contributed by atoms with Crippen molar-refractivity contribution in [1.29, 1.82) is 0 Å². The highest BCUT2D eigenvalue weighted by Gasteiger charge is 2.26. The highest BCUT2D eigenvalue weighted by atomic mass is 32.2. The van der Waals surface area contributed by atoms with Gasteiger partial charge < -0.3 is 23.9 Å². The molecule has 0 saturated heterocycles. The molecule has 0 fully saturated rings. The van der Waals surface area contributed by atoms with Crippen LogP contribution in [0.4, 0.5) is 0 Å². The van der Waals surface area contributed by atoms with Crippen molar-refractivity contribution in [3.8, 4) is 17.2 Å². The minimum atomic E-state index is -0.455. The molecule has 1 amide bonds. The van der Waals surface area contributed by atoms with Crippen LogP contribution in [0.1, 0.15) is 60.8 Å². The zero-order valence-electron chi connectivity index (χ0n) is 21.9. The van der Waals surface area contributed by atoms with Gasteiger partial charge in [-0.15, -0.1) is 10.2 Å². The monoisotopic (exact) mass is 495 g/mol. The quantitative estimate of drug-likeness (QED) is 0.276. The molecule has 1 heterocycles. The van der Waals surface area contributed by atoms with Crippen LogP contribution >= 0.6 is 11.8 Å². The van der Waals surface area contributed by atoms with Crippen LogP contribution in [-0.2, 0) is 14.3 Å². The fraction of sp³-hybridized carbons (Fsp3) is 0.640. The predicted molar refractivity (Wildman–Crippen MR) is 136 cm³/mol. The Kier molecular flexibility index (Phi) is 13.2. The molecule has 0 aliphatic carbocycles. The molecule has 0 aliphatic rings. The lowest BCUT2D eigenvalue weighted by Crippen LogP contribution is -2.48. The number of rotatable bonds is 14. The molecule has 2 aromatic rings. The molecule has 0 atom stereocenters. The Labute approximate surface area is 208 Å². The summed E-state index contributed by atoms with van der Waals surface area (Å²) in [5.74, 6) is 1.26. The van der Waals surface area contributed by atoms with Gasteiger partial charge in [-0.05, 0) is 64.6 Å². The Morgan fingerprint density at radius 3 is 2.35 bits per heavy atom. The van der Waals surface area contributed by atoms with Gasteiger partial charge >= 0.3 is 0 Å². The highest BCUT2D eigenvalue weighted by molar-refractivity contribution is 7.98. The Bertz CT molecular complexity index is 837. The van der Waals surface area contributed by atoms with Crippen molar-refractivity contribution in [3.63, 3.8) is 0 Å². The second-order valence-electron chi connectivity index (χ2n) is 8.78. The number of nitrogens with one attached hydrogen (secondary N) is 1. The van der Waals surface area contributed by atoms with Gasteiger partial charge in [-0.25, -0.2) is 0 Å². The minimum absolute atomic E-state index is 0.00504.